The van der Waals surface area contributed by atoms with Crippen molar-refractivity contribution in [3.05, 3.63) is 23.8 Å². The molecule has 4 nitrogen and oxygen atoms in total. The summed E-state index contributed by atoms with van der Waals surface area (Å²) in [5.74, 6) is -1.12. The van der Waals surface area contributed by atoms with Crippen molar-refractivity contribution in [1.29, 1.82) is 0 Å². The molecule has 2 fully saturated rings. The van der Waals surface area contributed by atoms with E-state index < -0.39 is 30.3 Å². The molecule has 2 atom stereocenters. The number of rotatable bonds is 2. The Morgan fingerprint density at radius 1 is 1.18 bits per heavy atom. The monoisotopic (exact) mass is 314 g/mol. The Hall–Kier alpha value is -1.15. The summed E-state index contributed by atoms with van der Waals surface area (Å²) < 4.78 is 49.9. The first-order chi connectivity index (χ1) is 10.0. The van der Waals surface area contributed by atoms with Crippen LogP contribution in [0.1, 0.15) is 51.6 Å². The topological polar surface area (TPSA) is 44.2 Å². The highest BCUT2D eigenvalue weighted by molar-refractivity contribution is 6.49. The van der Waals surface area contributed by atoms with Crippen LogP contribution >= 0.6 is 0 Å². The van der Waals surface area contributed by atoms with E-state index in [-0.39, 0.29) is 11.7 Å². The zero-order valence-corrected chi connectivity index (χ0v) is 12.9. The third-order valence-electron chi connectivity index (χ3n) is 4.77. The van der Waals surface area contributed by atoms with Crippen molar-refractivity contribution in [3.63, 3.8) is 0 Å². The maximum Gasteiger partial charge on any atom is 0.461 e. The quantitative estimate of drug-likeness (QED) is 0.784. The second-order valence-corrected chi connectivity index (χ2v) is 6.93. The van der Waals surface area contributed by atoms with Gasteiger partial charge in [-0.05, 0) is 40.2 Å². The lowest BCUT2D eigenvalue weighted by Crippen LogP contribution is -2.41. The minimum absolute atomic E-state index is 0.0389. The van der Waals surface area contributed by atoms with Gasteiger partial charge in [0.1, 0.15) is 0 Å². The summed E-state index contributed by atoms with van der Waals surface area (Å²) in [5, 5.41) is 0. The van der Waals surface area contributed by atoms with Gasteiger partial charge in [0, 0.05) is 23.6 Å². The van der Waals surface area contributed by atoms with Crippen molar-refractivity contribution in [2.24, 2.45) is 0 Å². The predicted molar refractivity (Wildman–Crippen MR) is 74.2 cm³/mol. The number of hydrogen-bond acceptors (Lipinski definition) is 4. The Labute approximate surface area is 127 Å². The van der Waals surface area contributed by atoms with Crippen molar-refractivity contribution >= 4 is 7.12 Å². The summed E-state index contributed by atoms with van der Waals surface area (Å²) in [6.45, 7) is 7.82. The van der Waals surface area contributed by atoms with Crippen LogP contribution in [0.4, 0.5) is 13.2 Å². The van der Waals surface area contributed by atoms with Gasteiger partial charge in [-0.25, -0.2) is 9.97 Å². The molecule has 1 saturated carbocycles. The van der Waals surface area contributed by atoms with Crippen LogP contribution in [0.5, 0.6) is 0 Å². The van der Waals surface area contributed by atoms with E-state index in [2.05, 4.69) is 9.97 Å². The van der Waals surface area contributed by atoms with Crippen molar-refractivity contribution < 1.29 is 22.5 Å². The summed E-state index contributed by atoms with van der Waals surface area (Å²) in [6, 6.07) is 1.53. The van der Waals surface area contributed by atoms with E-state index in [0.29, 0.717) is 12.1 Å². The predicted octanol–water partition coefficient (Wildman–Crippen LogP) is 3.45. The molecule has 22 heavy (non-hydrogen) atoms. The van der Waals surface area contributed by atoms with Gasteiger partial charge in [0.05, 0.1) is 11.2 Å². The summed E-state index contributed by atoms with van der Waals surface area (Å²) in [6.07, 6.45) is -2.65. The summed E-state index contributed by atoms with van der Waals surface area (Å²) in [7, 11) is -0.403. The van der Waals surface area contributed by atoms with Crippen LogP contribution in [0, 0.1) is 0 Å². The Morgan fingerprint density at radius 2 is 1.77 bits per heavy atom. The normalized spacial score (nSPS) is 29.7. The average molecular weight is 314 g/mol. The standard InChI is InChI=1S/C14H18BF3N2O2/c1-12(2)13(3,4)22-15(21-12)9-7-8(9)10-5-6-19-11(20-10)14(16,17)18/h5-6,8-9H,7H2,1-4H3/t8-,9-/m0/s1. The lowest BCUT2D eigenvalue weighted by Gasteiger charge is -2.32. The first kappa shape index (κ1) is 15.7. The maximum absolute atomic E-state index is 12.7. The molecule has 1 aliphatic heterocycles. The van der Waals surface area contributed by atoms with Gasteiger partial charge in [0.25, 0.3) is 0 Å². The van der Waals surface area contributed by atoms with Crippen molar-refractivity contribution in [2.75, 3.05) is 0 Å². The fourth-order valence-corrected chi connectivity index (χ4v) is 2.63. The Kier molecular flexibility index (Phi) is 3.34. The molecule has 2 aliphatic rings. The zero-order chi connectivity index (χ0) is 16.3. The van der Waals surface area contributed by atoms with E-state index >= 15 is 0 Å². The van der Waals surface area contributed by atoms with Crippen molar-refractivity contribution in [3.8, 4) is 0 Å². The van der Waals surface area contributed by atoms with E-state index in [9.17, 15) is 13.2 Å². The van der Waals surface area contributed by atoms with Crippen LogP contribution in [0.25, 0.3) is 0 Å². The van der Waals surface area contributed by atoms with E-state index in [0.717, 1.165) is 6.20 Å². The zero-order valence-electron chi connectivity index (χ0n) is 12.9. The highest BCUT2D eigenvalue weighted by atomic mass is 19.4. The van der Waals surface area contributed by atoms with Crippen LogP contribution < -0.4 is 0 Å². The lowest BCUT2D eigenvalue weighted by atomic mass is 9.80. The molecule has 1 saturated heterocycles. The number of aromatic nitrogens is 2. The lowest BCUT2D eigenvalue weighted by molar-refractivity contribution is -0.145. The van der Waals surface area contributed by atoms with Crippen molar-refractivity contribution in [1.82, 2.24) is 9.97 Å². The summed E-state index contributed by atoms with van der Waals surface area (Å²) in [5.41, 5.74) is -0.469. The molecule has 120 valence electrons. The van der Waals surface area contributed by atoms with Crippen LogP contribution in [-0.2, 0) is 15.5 Å². The molecule has 0 bridgehead atoms. The highest BCUT2D eigenvalue weighted by Crippen LogP contribution is 2.58. The van der Waals surface area contributed by atoms with Gasteiger partial charge in [0.15, 0.2) is 0 Å². The van der Waals surface area contributed by atoms with Gasteiger partial charge in [-0.2, -0.15) is 13.2 Å². The van der Waals surface area contributed by atoms with E-state index in [1.807, 2.05) is 27.7 Å². The number of nitrogens with zero attached hydrogens (tertiary/aromatic N) is 2. The second kappa shape index (κ2) is 4.68. The van der Waals surface area contributed by atoms with Crippen LogP contribution in [-0.4, -0.2) is 28.3 Å². The van der Waals surface area contributed by atoms with E-state index in [1.165, 1.54) is 6.07 Å². The number of hydrogen-bond donors (Lipinski definition) is 0. The molecule has 8 heteroatoms. The molecule has 0 amide bonds. The third-order valence-corrected chi connectivity index (χ3v) is 4.77. The smallest absolute Gasteiger partial charge is 0.403 e. The van der Waals surface area contributed by atoms with E-state index in [4.69, 9.17) is 9.31 Å². The largest absolute Gasteiger partial charge is 0.461 e. The molecule has 0 aromatic carbocycles. The summed E-state index contributed by atoms with van der Waals surface area (Å²) in [4.78, 5) is 6.94. The Morgan fingerprint density at radius 3 is 2.32 bits per heavy atom. The van der Waals surface area contributed by atoms with Gasteiger partial charge in [-0.1, -0.05) is 0 Å². The second-order valence-electron chi connectivity index (χ2n) is 6.93. The molecule has 1 aliphatic carbocycles. The average Bonchev–Trinajstić information content (AvgIpc) is 3.12. The minimum Gasteiger partial charge on any atom is -0.403 e. The molecule has 3 rings (SSSR count). The molecule has 0 N–H and O–H groups in total. The molecule has 1 aromatic heterocycles. The van der Waals surface area contributed by atoms with E-state index in [1.54, 1.807) is 0 Å². The molecule has 1 aromatic rings. The van der Waals surface area contributed by atoms with Gasteiger partial charge in [0.2, 0.25) is 5.82 Å². The molecule has 0 unspecified atom stereocenters. The Bertz CT molecular complexity index is 576. The first-order valence-electron chi connectivity index (χ1n) is 7.27. The van der Waals surface area contributed by atoms with Gasteiger partial charge in [-0.15, -0.1) is 0 Å². The molecular weight excluding hydrogens is 296 g/mol. The fraction of sp³-hybridized carbons (Fsp3) is 0.714. The Balaban J connectivity index is 1.74. The molecular formula is C14H18BF3N2O2. The van der Waals surface area contributed by atoms with Crippen LogP contribution in [0.3, 0.4) is 0 Å². The van der Waals surface area contributed by atoms with Gasteiger partial charge >= 0.3 is 13.3 Å². The van der Waals surface area contributed by atoms with Crippen molar-refractivity contribution in [2.45, 2.75) is 63.2 Å². The third kappa shape index (κ3) is 2.62. The number of alkyl halides is 3. The minimum atomic E-state index is -4.52. The summed E-state index contributed by atoms with van der Waals surface area (Å²) >= 11 is 0. The maximum atomic E-state index is 12.7. The molecule has 0 spiro atoms. The molecule has 0 radical (unpaired) electrons. The van der Waals surface area contributed by atoms with Crippen LogP contribution in [0.15, 0.2) is 12.3 Å². The van der Waals surface area contributed by atoms with Gasteiger partial charge in [-0.3, -0.25) is 0 Å². The highest BCUT2D eigenvalue weighted by Gasteiger charge is 2.60. The first-order valence-corrected chi connectivity index (χ1v) is 7.27. The fourth-order valence-electron chi connectivity index (χ4n) is 2.63. The van der Waals surface area contributed by atoms with Crippen LogP contribution in [0.2, 0.25) is 5.82 Å². The molecule has 2 heterocycles. The van der Waals surface area contributed by atoms with Gasteiger partial charge < -0.3 is 9.31 Å². The number of halogens is 3. The SMILES string of the molecule is CC1(C)OB([C@H]2C[C@@H]2c2ccnc(C(F)(F)F)n2)OC1(C)C.